The lowest BCUT2D eigenvalue weighted by molar-refractivity contribution is 0.0697. The van der Waals surface area contributed by atoms with Crippen LogP contribution in [0.1, 0.15) is 10.4 Å². The summed E-state index contributed by atoms with van der Waals surface area (Å²) >= 11 is 8.21. The van der Waals surface area contributed by atoms with E-state index < -0.39 is 5.97 Å². The zero-order chi connectivity index (χ0) is 13.1. The van der Waals surface area contributed by atoms with Crippen molar-refractivity contribution in [2.45, 2.75) is 0 Å². The molecule has 4 nitrogen and oxygen atoms in total. The van der Waals surface area contributed by atoms with E-state index in [2.05, 4.69) is 32.9 Å². The molecular formula is C12H8ClIN2O2. The third-order valence-corrected chi connectivity index (χ3v) is 3.20. The third-order valence-electron chi connectivity index (χ3n) is 2.20. The molecule has 0 atom stereocenters. The summed E-state index contributed by atoms with van der Waals surface area (Å²) < 4.78 is 1.02. The Morgan fingerprint density at radius 1 is 1.33 bits per heavy atom. The maximum Gasteiger partial charge on any atom is 0.335 e. The topological polar surface area (TPSA) is 62.2 Å². The first kappa shape index (κ1) is 13.1. The van der Waals surface area contributed by atoms with Gasteiger partial charge in [0.1, 0.15) is 5.82 Å². The Morgan fingerprint density at radius 2 is 2.11 bits per heavy atom. The number of hydrogen-bond donors (Lipinski definition) is 2. The fourth-order valence-corrected chi connectivity index (χ4v) is 2.02. The first-order valence-electron chi connectivity index (χ1n) is 4.97. The smallest absolute Gasteiger partial charge is 0.335 e. The molecule has 2 rings (SSSR count). The van der Waals surface area contributed by atoms with E-state index in [9.17, 15) is 4.79 Å². The van der Waals surface area contributed by atoms with E-state index in [1.54, 1.807) is 6.07 Å². The Balaban J connectivity index is 2.31. The van der Waals surface area contributed by atoms with Crippen molar-refractivity contribution in [3.63, 3.8) is 0 Å². The summed E-state index contributed by atoms with van der Waals surface area (Å²) in [7, 11) is 0. The minimum atomic E-state index is -0.991. The van der Waals surface area contributed by atoms with Crippen LogP contribution >= 0.6 is 34.2 Å². The predicted octanol–water partition coefficient (Wildman–Crippen LogP) is 3.78. The van der Waals surface area contributed by atoms with Crippen LogP contribution in [0.3, 0.4) is 0 Å². The van der Waals surface area contributed by atoms with Gasteiger partial charge in [-0.1, -0.05) is 11.6 Å². The number of carbonyl (C=O) groups is 1. The standard InChI is InChI=1S/C12H8ClIN2O2/c13-9-2-1-8(14)6-10(9)16-11-5-7(12(17)18)3-4-15-11/h1-6H,(H,15,16)(H,17,18). The summed E-state index contributed by atoms with van der Waals surface area (Å²) in [6.45, 7) is 0. The third kappa shape index (κ3) is 3.11. The van der Waals surface area contributed by atoms with Crippen molar-refractivity contribution in [3.8, 4) is 0 Å². The van der Waals surface area contributed by atoms with Crippen molar-refractivity contribution in [3.05, 3.63) is 50.7 Å². The highest BCUT2D eigenvalue weighted by molar-refractivity contribution is 14.1. The van der Waals surface area contributed by atoms with Crippen LogP contribution in [0, 0.1) is 3.57 Å². The summed E-state index contributed by atoms with van der Waals surface area (Å²) in [4.78, 5) is 14.9. The maximum absolute atomic E-state index is 10.8. The van der Waals surface area contributed by atoms with Crippen LogP contribution in [-0.2, 0) is 0 Å². The van der Waals surface area contributed by atoms with E-state index in [1.165, 1.54) is 18.3 Å². The molecule has 18 heavy (non-hydrogen) atoms. The average Bonchev–Trinajstić information content (AvgIpc) is 2.34. The van der Waals surface area contributed by atoms with Gasteiger partial charge >= 0.3 is 5.97 Å². The lowest BCUT2D eigenvalue weighted by Crippen LogP contribution is -2.00. The largest absolute Gasteiger partial charge is 0.478 e. The van der Waals surface area contributed by atoms with E-state index in [1.807, 2.05) is 12.1 Å². The van der Waals surface area contributed by atoms with Gasteiger partial charge < -0.3 is 10.4 Å². The Hall–Kier alpha value is -1.34. The maximum atomic E-state index is 10.8. The Bertz CT molecular complexity index is 604. The second-order valence-electron chi connectivity index (χ2n) is 3.48. The number of nitrogens with one attached hydrogen (secondary N) is 1. The summed E-state index contributed by atoms with van der Waals surface area (Å²) in [5, 5.41) is 12.4. The minimum Gasteiger partial charge on any atom is -0.478 e. The molecule has 0 spiro atoms. The molecule has 1 aromatic carbocycles. The van der Waals surface area contributed by atoms with Gasteiger partial charge in [0, 0.05) is 9.77 Å². The van der Waals surface area contributed by atoms with Gasteiger partial charge in [-0.05, 0) is 52.9 Å². The summed E-state index contributed by atoms with van der Waals surface area (Å²) in [6.07, 6.45) is 1.44. The van der Waals surface area contributed by atoms with Crippen LogP contribution in [0.2, 0.25) is 5.02 Å². The van der Waals surface area contributed by atoms with Crippen LogP contribution in [0.4, 0.5) is 11.5 Å². The number of nitrogens with zero attached hydrogens (tertiary/aromatic N) is 1. The van der Waals surface area contributed by atoms with Crippen LogP contribution < -0.4 is 5.32 Å². The monoisotopic (exact) mass is 374 g/mol. The zero-order valence-electron chi connectivity index (χ0n) is 9.02. The quantitative estimate of drug-likeness (QED) is 0.803. The molecule has 1 heterocycles. The van der Waals surface area contributed by atoms with Gasteiger partial charge in [-0.3, -0.25) is 0 Å². The molecule has 2 N–H and O–H groups in total. The highest BCUT2D eigenvalue weighted by Crippen LogP contribution is 2.26. The van der Waals surface area contributed by atoms with E-state index >= 15 is 0 Å². The van der Waals surface area contributed by atoms with Gasteiger partial charge in [0.05, 0.1) is 16.3 Å². The summed E-state index contributed by atoms with van der Waals surface area (Å²) in [5.74, 6) is -0.548. The van der Waals surface area contributed by atoms with E-state index in [0.29, 0.717) is 16.5 Å². The predicted molar refractivity (Wildman–Crippen MR) is 78.6 cm³/mol. The Morgan fingerprint density at radius 3 is 2.83 bits per heavy atom. The fraction of sp³-hybridized carbons (Fsp3) is 0. The van der Waals surface area contributed by atoms with Crippen LogP contribution in [-0.4, -0.2) is 16.1 Å². The number of carboxylic acids is 1. The molecule has 0 fully saturated rings. The Labute approximate surface area is 122 Å². The van der Waals surface area contributed by atoms with Crippen LogP contribution in [0.25, 0.3) is 0 Å². The van der Waals surface area contributed by atoms with E-state index in [0.717, 1.165) is 3.57 Å². The lowest BCUT2D eigenvalue weighted by Gasteiger charge is -2.08. The molecule has 1 aromatic heterocycles. The van der Waals surface area contributed by atoms with Crippen molar-refractivity contribution >= 4 is 51.7 Å². The van der Waals surface area contributed by atoms with Gasteiger partial charge in [0.25, 0.3) is 0 Å². The molecule has 0 amide bonds. The number of pyridine rings is 1. The fourth-order valence-electron chi connectivity index (χ4n) is 1.36. The van der Waals surface area contributed by atoms with Gasteiger partial charge in [0.15, 0.2) is 0 Å². The first-order valence-corrected chi connectivity index (χ1v) is 6.43. The van der Waals surface area contributed by atoms with E-state index in [-0.39, 0.29) is 5.56 Å². The highest BCUT2D eigenvalue weighted by Gasteiger charge is 2.06. The van der Waals surface area contributed by atoms with Gasteiger partial charge in [0.2, 0.25) is 0 Å². The normalized spacial score (nSPS) is 10.1. The number of hydrogen-bond acceptors (Lipinski definition) is 3. The average molecular weight is 375 g/mol. The Kier molecular flexibility index (Phi) is 4.03. The van der Waals surface area contributed by atoms with Gasteiger partial charge in [-0.2, -0.15) is 0 Å². The van der Waals surface area contributed by atoms with Crippen LogP contribution in [0.15, 0.2) is 36.5 Å². The molecule has 2 aromatic rings. The minimum absolute atomic E-state index is 0.175. The molecule has 0 unspecified atom stereocenters. The molecule has 0 aliphatic rings. The number of benzene rings is 1. The molecule has 0 aliphatic heterocycles. The number of aromatic carboxylic acids is 1. The zero-order valence-corrected chi connectivity index (χ0v) is 11.9. The number of aromatic nitrogens is 1. The molecule has 0 bridgehead atoms. The van der Waals surface area contributed by atoms with Crippen molar-refractivity contribution < 1.29 is 9.90 Å². The van der Waals surface area contributed by atoms with Crippen LogP contribution in [0.5, 0.6) is 0 Å². The van der Waals surface area contributed by atoms with Gasteiger partial charge in [-0.15, -0.1) is 0 Å². The molecular weight excluding hydrogens is 367 g/mol. The molecule has 0 radical (unpaired) electrons. The number of halogens is 2. The van der Waals surface area contributed by atoms with Crippen molar-refractivity contribution in [2.75, 3.05) is 5.32 Å². The molecule has 0 aliphatic carbocycles. The van der Waals surface area contributed by atoms with Crippen molar-refractivity contribution in [1.29, 1.82) is 0 Å². The number of rotatable bonds is 3. The number of carboxylic acid groups (broad SMARTS) is 1. The molecule has 92 valence electrons. The van der Waals surface area contributed by atoms with E-state index in [4.69, 9.17) is 16.7 Å². The lowest BCUT2D eigenvalue weighted by atomic mass is 10.2. The first-order chi connectivity index (χ1) is 8.56. The van der Waals surface area contributed by atoms with Gasteiger partial charge in [-0.25, -0.2) is 9.78 Å². The number of anilines is 2. The second-order valence-corrected chi connectivity index (χ2v) is 5.14. The second kappa shape index (κ2) is 5.53. The summed E-state index contributed by atoms with van der Waals surface area (Å²) in [6, 6.07) is 8.41. The molecule has 0 saturated carbocycles. The van der Waals surface area contributed by atoms with Crippen molar-refractivity contribution in [1.82, 2.24) is 4.98 Å². The summed E-state index contributed by atoms with van der Waals surface area (Å²) in [5.41, 5.74) is 0.868. The SMILES string of the molecule is O=C(O)c1ccnc(Nc2cc(I)ccc2Cl)c1. The van der Waals surface area contributed by atoms with Crippen molar-refractivity contribution in [2.24, 2.45) is 0 Å². The molecule has 0 saturated heterocycles. The highest BCUT2D eigenvalue weighted by atomic mass is 127. The molecule has 6 heteroatoms.